The molecule has 1 atom stereocenters. The number of nitrogens with one attached hydrogen (secondary N) is 1. The molecule has 1 saturated heterocycles. The van der Waals surface area contributed by atoms with E-state index < -0.39 is 5.60 Å². The molecular weight excluding hydrogens is 380 g/mol. The maximum atomic E-state index is 12.5. The Kier molecular flexibility index (Phi) is 3.94. The third-order valence-corrected chi connectivity index (χ3v) is 6.08. The quantitative estimate of drug-likeness (QED) is 0.668. The zero-order valence-corrected chi connectivity index (χ0v) is 17.4. The molecule has 5 heterocycles. The molecule has 0 bridgehead atoms. The van der Waals surface area contributed by atoms with Crippen LogP contribution in [0.2, 0.25) is 0 Å². The number of likely N-dealkylation sites (tertiary alicyclic amines) is 1. The monoisotopic (exact) mass is 404 g/mol. The number of nitrogens with zero attached hydrogens (tertiary/aromatic N) is 5. The number of H-pyrrole nitrogens is 1. The second-order valence-electron chi connectivity index (χ2n) is 9.25. The summed E-state index contributed by atoms with van der Waals surface area (Å²) in [6.07, 6.45) is 5.09. The number of carbonyl (C=O) groups is 1. The van der Waals surface area contributed by atoms with E-state index in [9.17, 15) is 10.1 Å². The fourth-order valence-corrected chi connectivity index (χ4v) is 4.61. The van der Waals surface area contributed by atoms with Gasteiger partial charge in [-0.25, -0.2) is 9.78 Å². The van der Waals surface area contributed by atoms with Crippen LogP contribution >= 0.6 is 0 Å². The molecule has 8 nitrogen and oxygen atoms in total. The Morgan fingerprint density at radius 3 is 2.87 bits per heavy atom. The molecule has 1 fully saturated rings. The highest BCUT2D eigenvalue weighted by Crippen LogP contribution is 2.44. The molecule has 2 aliphatic rings. The molecule has 1 N–H and O–H groups in total. The van der Waals surface area contributed by atoms with Gasteiger partial charge in [-0.3, -0.25) is 4.68 Å². The summed E-state index contributed by atoms with van der Waals surface area (Å²) >= 11 is 0. The first-order valence-corrected chi connectivity index (χ1v) is 10.2. The van der Waals surface area contributed by atoms with Crippen molar-refractivity contribution in [3.05, 3.63) is 35.8 Å². The lowest BCUT2D eigenvalue weighted by molar-refractivity contribution is 0.0284. The molecule has 3 aromatic rings. The van der Waals surface area contributed by atoms with Crippen LogP contribution in [0, 0.1) is 11.3 Å². The summed E-state index contributed by atoms with van der Waals surface area (Å²) in [5.41, 5.74) is 3.60. The fourth-order valence-electron chi connectivity index (χ4n) is 4.61. The average Bonchev–Trinajstić information content (AvgIpc) is 3.44. The minimum absolute atomic E-state index is 0.0778. The van der Waals surface area contributed by atoms with Gasteiger partial charge in [0, 0.05) is 54.1 Å². The number of carbonyl (C=O) groups excluding carboxylic acids is 1. The van der Waals surface area contributed by atoms with Crippen LogP contribution in [0.15, 0.2) is 24.5 Å². The van der Waals surface area contributed by atoms with Gasteiger partial charge in [-0.1, -0.05) is 0 Å². The van der Waals surface area contributed by atoms with Crippen molar-refractivity contribution in [2.45, 2.75) is 51.2 Å². The van der Waals surface area contributed by atoms with E-state index in [1.165, 1.54) is 5.69 Å². The van der Waals surface area contributed by atoms with Gasteiger partial charge in [-0.2, -0.15) is 10.4 Å². The van der Waals surface area contributed by atoms with E-state index in [4.69, 9.17) is 9.84 Å². The van der Waals surface area contributed by atoms with Crippen molar-refractivity contribution >= 4 is 17.1 Å². The van der Waals surface area contributed by atoms with Gasteiger partial charge >= 0.3 is 6.09 Å². The van der Waals surface area contributed by atoms with Gasteiger partial charge in [-0.15, -0.1) is 0 Å². The van der Waals surface area contributed by atoms with Gasteiger partial charge in [0.2, 0.25) is 0 Å². The van der Waals surface area contributed by atoms with E-state index in [0.29, 0.717) is 24.3 Å². The van der Waals surface area contributed by atoms with Gasteiger partial charge < -0.3 is 14.6 Å². The Hall–Kier alpha value is -3.34. The Balaban J connectivity index is 1.44. The lowest BCUT2D eigenvalue weighted by Gasteiger charge is -2.26. The Bertz CT molecular complexity index is 1190. The van der Waals surface area contributed by atoms with Crippen LogP contribution in [0.1, 0.15) is 44.9 Å². The number of aromatic amines is 1. The first-order valence-electron chi connectivity index (χ1n) is 10.2. The number of rotatable bonds is 1. The second kappa shape index (κ2) is 6.33. The third kappa shape index (κ3) is 2.93. The predicted octanol–water partition coefficient (Wildman–Crippen LogP) is 3.58. The molecule has 0 aliphatic carbocycles. The molecule has 1 unspecified atom stereocenters. The molecule has 1 spiro atoms. The van der Waals surface area contributed by atoms with E-state index in [1.807, 2.05) is 31.7 Å². The molecule has 5 rings (SSSR count). The number of ether oxygens (including phenoxy) is 1. The summed E-state index contributed by atoms with van der Waals surface area (Å²) in [5, 5.41) is 14.9. The second-order valence-corrected chi connectivity index (χ2v) is 9.25. The van der Waals surface area contributed by atoms with Crippen molar-refractivity contribution in [1.82, 2.24) is 24.6 Å². The zero-order chi connectivity index (χ0) is 21.1. The Labute approximate surface area is 174 Å². The maximum absolute atomic E-state index is 12.5. The lowest BCUT2D eigenvalue weighted by Crippen LogP contribution is -2.37. The van der Waals surface area contributed by atoms with Crippen molar-refractivity contribution < 1.29 is 9.53 Å². The Morgan fingerprint density at radius 1 is 1.30 bits per heavy atom. The summed E-state index contributed by atoms with van der Waals surface area (Å²) in [6, 6.07) is 6.27. The topological polar surface area (TPSA) is 99.8 Å². The van der Waals surface area contributed by atoms with Crippen LogP contribution in [-0.4, -0.2) is 49.4 Å². The number of hydrogen-bond donors (Lipinski definition) is 1. The number of aromatic nitrogens is 4. The van der Waals surface area contributed by atoms with Crippen molar-refractivity contribution in [2.24, 2.45) is 0 Å². The van der Waals surface area contributed by atoms with Crippen molar-refractivity contribution in [1.29, 1.82) is 5.26 Å². The number of pyridine rings is 1. The molecule has 0 aromatic carbocycles. The average molecular weight is 404 g/mol. The molecule has 0 radical (unpaired) electrons. The van der Waals surface area contributed by atoms with Crippen molar-refractivity contribution in [2.75, 3.05) is 13.1 Å². The van der Waals surface area contributed by atoms with Crippen LogP contribution in [0.25, 0.3) is 22.3 Å². The summed E-state index contributed by atoms with van der Waals surface area (Å²) in [7, 11) is 0. The Morgan fingerprint density at radius 2 is 2.10 bits per heavy atom. The van der Waals surface area contributed by atoms with Crippen LogP contribution in [-0.2, 0) is 16.7 Å². The van der Waals surface area contributed by atoms with Gasteiger partial charge in [0.15, 0.2) is 0 Å². The van der Waals surface area contributed by atoms with Gasteiger partial charge in [0.25, 0.3) is 0 Å². The van der Waals surface area contributed by atoms with E-state index in [0.717, 1.165) is 36.0 Å². The summed E-state index contributed by atoms with van der Waals surface area (Å²) in [6.45, 7) is 7.85. The number of fused-ring (bicyclic) bond motifs is 3. The van der Waals surface area contributed by atoms with Gasteiger partial charge in [0.1, 0.15) is 17.3 Å². The highest BCUT2D eigenvalue weighted by atomic mass is 16.6. The van der Waals surface area contributed by atoms with Crippen molar-refractivity contribution in [3.63, 3.8) is 0 Å². The molecule has 2 aliphatic heterocycles. The van der Waals surface area contributed by atoms with Crippen LogP contribution in [0.4, 0.5) is 4.79 Å². The SMILES string of the molecule is CC(C)(C)OC(=O)N1CCC2(CCn3nc(-c4cnc5[nH]cc(C#N)c5c4)cc32)C1. The minimum Gasteiger partial charge on any atom is -0.444 e. The molecular formula is C22H24N6O2. The number of hydrogen-bond acceptors (Lipinski definition) is 5. The van der Waals surface area contributed by atoms with Crippen LogP contribution in [0.3, 0.4) is 0 Å². The van der Waals surface area contributed by atoms with Gasteiger partial charge in [0.05, 0.1) is 11.3 Å². The highest BCUT2D eigenvalue weighted by molar-refractivity contribution is 5.86. The largest absolute Gasteiger partial charge is 0.444 e. The lowest BCUT2D eigenvalue weighted by atomic mass is 9.82. The van der Waals surface area contributed by atoms with E-state index in [1.54, 1.807) is 12.4 Å². The summed E-state index contributed by atoms with van der Waals surface area (Å²) < 4.78 is 7.62. The first-order chi connectivity index (χ1) is 14.3. The van der Waals surface area contributed by atoms with Crippen LogP contribution < -0.4 is 0 Å². The van der Waals surface area contributed by atoms with E-state index in [-0.39, 0.29) is 11.5 Å². The summed E-state index contributed by atoms with van der Waals surface area (Å²) in [5.74, 6) is 0. The molecule has 0 saturated carbocycles. The third-order valence-electron chi connectivity index (χ3n) is 6.08. The molecule has 3 aromatic heterocycles. The molecule has 30 heavy (non-hydrogen) atoms. The van der Waals surface area contributed by atoms with Gasteiger partial charge in [-0.05, 0) is 45.7 Å². The standard InChI is InChI=1S/C22H24N6O2/c1-21(2,3)30-20(29)27-6-4-22(13-27)5-7-28-18(22)9-17(26-28)14-8-16-15(10-23)12-25-19(16)24-11-14/h8-9,11-12H,4-7,13H2,1-3H3,(H,24,25). The molecule has 8 heteroatoms. The van der Waals surface area contributed by atoms with Crippen LogP contribution in [0.5, 0.6) is 0 Å². The smallest absolute Gasteiger partial charge is 0.410 e. The predicted molar refractivity (Wildman–Crippen MR) is 111 cm³/mol. The minimum atomic E-state index is -0.496. The molecule has 1 amide bonds. The number of aryl methyl sites for hydroxylation is 1. The zero-order valence-electron chi connectivity index (χ0n) is 17.4. The highest BCUT2D eigenvalue weighted by Gasteiger charge is 2.47. The maximum Gasteiger partial charge on any atom is 0.410 e. The van der Waals surface area contributed by atoms with Crippen molar-refractivity contribution in [3.8, 4) is 17.3 Å². The fraction of sp³-hybridized carbons (Fsp3) is 0.455. The summed E-state index contributed by atoms with van der Waals surface area (Å²) in [4.78, 5) is 21.8. The van der Waals surface area contributed by atoms with E-state index in [2.05, 4.69) is 26.8 Å². The number of amides is 1. The number of nitriles is 1. The normalized spacial score (nSPS) is 20.7. The van der Waals surface area contributed by atoms with E-state index >= 15 is 0 Å². The molecule has 154 valence electrons. The first kappa shape index (κ1) is 18.7.